The Morgan fingerprint density at radius 2 is 1.93 bits per heavy atom. The largest absolute Gasteiger partial charge is 0.461 e. The first-order chi connectivity index (χ1) is 13.0. The molecule has 142 valence electrons. The normalized spacial score (nSPS) is 12.3. The molecule has 3 aromatic rings. The van der Waals surface area contributed by atoms with Crippen LogP contribution in [0.5, 0.6) is 0 Å². The van der Waals surface area contributed by atoms with Gasteiger partial charge in [-0.05, 0) is 30.5 Å². The summed E-state index contributed by atoms with van der Waals surface area (Å²) in [7, 11) is 0. The summed E-state index contributed by atoms with van der Waals surface area (Å²) in [6, 6.07) is 13.6. The van der Waals surface area contributed by atoms with Gasteiger partial charge in [0.2, 0.25) is 5.91 Å². The molecule has 0 spiro atoms. The number of carbonyl (C=O) groups excluding carboxylic acids is 1. The molecule has 1 unspecified atom stereocenters. The van der Waals surface area contributed by atoms with Gasteiger partial charge in [0.1, 0.15) is 0 Å². The quantitative estimate of drug-likeness (QED) is 0.595. The van der Waals surface area contributed by atoms with Gasteiger partial charge in [0.15, 0.2) is 16.7 Å². The molecule has 0 aliphatic heterocycles. The third kappa shape index (κ3) is 5.01. The number of rotatable bonds is 8. The molecule has 6 nitrogen and oxygen atoms in total. The third-order valence-electron chi connectivity index (χ3n) is 3.97. The van der Waals surface area contributed by atoms with Crippen LogP contribution in [-0.4, -0.2) is 25.9 Å². The van der Waals surface area contributed by atoms with Crippen molar-refractivity contribution in [3.05, 3.63) is 54.3 Å². The molecule has 27 heavy (non-hydrogen) atoms. The molecule has 1 atom stereocenters. The van der Waals surface area contributed by atoms with E-state index in [-0.39, 0.29) is 11.2 Å². The number of hydrogen-bond donors (Lipinski definition) is 1. The van der Waals surface area contributed by atoms with E-state index >= 15 is 0 Å². The molecule has 3 rings (SSSR count). The Kier molecular flexibility index (Phi) is 6.34. The molecule has 0 aliphatic carbocycles. The van der Waals surface area contributed by atoms with Crippen LogP contribution in [0.25, 0.3) is 11.6 Å². The Morgan fingerprint density at radius 3 is 2.59 bits per heavy atom. The van der Waals surface area contributed by atoms with E-state index in [4.69, 9.17) is 4.42 Å². The number of furan rings is 1. The maximum absolute atomic E-state index is 12.5. The first-order valence-electron chi connectivity index (χ1n) is 9.00. The summed E-state index contributed by atoms with van der Waals surface area (Å²) in [4.78, 5) is 12.5. The molecule has 0 saturated heterocycles. The monoisotopic (exact) mass is 384 g/mol. The van der Waals surface area contributed by atoms with Gasteiger partial charge in [-0.1, -0.05) is 55.9 Å². The fourth-order valence-corrected chi connectivity index (χ4v) is 3.52. The van der Waals surface area contributed by atoms with Crippen molar-refractivity contribution in [1.29, 1.82) is 0 Å². The van der Waals surface area contributed by atoms with Crippen molar-refractivity contribution in [3.63, 3.8) is 0 Å². The van der Waals surface area contributed by atoms with Crippen LogP contribution < -0.4 is 5.32 Å². The minimum atomic E-state index is -0.284. The fraction of sp³-hybridized carbons (Fsp3) is 0.350. The molecule has 1 aromatic carbocycles. The van der Waals surface area contributed by atoms with Gasteiger partial charge in [0.25, 0.3) is 0 Å². The Hall–Kier alpha value is -2.54. The smallest absolute Gasteiger partial charge is 0.233 e. The predicted molar refractivity (Wildman–Crippen MR) is 106 cm³/mol. The number of nitrogens with one attached hydrogen (secondary N) is 1. The zero-order chi connectivity index (χ0) is 19.2. The average Bonchev–Trinajstić information content (AvgIpc) is 3.30. The molecular formula is C20H24N4O2S. The van der Waals surface area contributed by atoms with Crippen molar-refractivity contribution >= 4 is 17.7 Å². The summed E-state index contributed by atoms with van der Waals surface area (Å²) in [6.07, 6.45) is 1.62. The highest BCUT2D eigenvalue weighted by Crippen LogP contribution is 2.28. The molecule has 0 saturated carbocycles. The van der Waals surface area contributed by atoms with Crippen molar-refractivity contribution in [1.82, 2.24) is 20.1 Å². The summed E-state index contributed by atoms with van der Waals surface area (Å²) in [5.41, 5.74) is 1.08. The molecule has 2 heterocycles. The Morgan fingerprint density at radius 1 is 1.15 bits per heavy atom. The van der Waals surface area contributed by atoms with Crippen LogP contribution in [0.4, 0.5) is 0 Å². The molecule has 0 radical (unpaired) electrons. The van der Waals surface area contributed by atoms with Crippen molar-refractivity contribution in [2.45, 2.75) is 44.3 Å². The summed E-state index contributed by atoms with van der Waals surface area (Å²) >= 11 is 1.41. The molecule has 0 aliphatic rings. The zero-order valence-corrected chi connectivity index (χ0v) is 16.6. The van der Waals surface area contributed by atoms with Crippen molar-refractivity contribution < 1.29 is 9.21 Å². The lowest BCUT2D eigenvalue weighted by molar-refractivity contribution is -0.120. The SMILES string of the molecule is CC(C)Cn1c(SC(C)C(=O)NCc2ccccc2)nnc1-c1ccco1. The Labute approximate surface area is 163 Å². The molecule has 2 aromatic heterocycles. The molecule has 1 amide bonds. The summed E-state index contributed by atoms with van der Waals surface area (Å²) in [5.74, 6) is 1.75. The molecule has 7 heteroatoms. The molecule has 0 bridgehead atoms. The topological polar surface area (TPSA) is 73.0 Å². The summed E-state index contributed by atoms with van der Waals surface area (Å²) < 4.78 is 7.51. The van der Waals surface area contributed by atoms with E-state index in [0.29, 0.717) is 24.0 Å². The highest BCUT2D eigenvalue weighted by Gasteiger charge is 2.22. The van der Waals surface area contributed by atoms with Crippen LogP contribution in [-0.2, 0) is 17.9 Å². The Balaban J connectivity index is 1.69. The van der Waals surface area contributed by atoms with E-state index in [0.717, 1.165) is 17.3 Å². The maximum Gasteiger partial charge on any atom is 0.233 e. The highest BCUT2D eigenvalue weighted by atomic mass is 32.2. The Bertz CT molecular complexity index is 860. The van der Waals surface area contributed by atoms with Gasteiger partial charge in [-0.3, -0.25) is 9.36 Å². The van der Waals surface area contributed by atoms with E-state index in [2.05, 4.69) is 29.4 Å². The number of amides is 1. The van der Waals surface area contributed by atoms with Crippen LogP contribution in [0.15, 0.2) is 58.3 Å². The molecular weight excluding hydrogens is 360 g/mol. The summed E-state index contributed by atoms with van der Waals surface area (Å²) in [5, 5.41) is 12.0. The number of benzene rings is 1. The average molecular weight is 385 g/mol. The predicted octanol–water partition coefficient (Wildman–Crippen LogP) is 3.99. The van der Waals surface area contributed by atoms with Gasteiger partial charge in [0.05, 0.1) is 11.5 Å². The van der Waals surface area contributed by atoms with Crippen LogP contribution in [0.1, 0.15) is 26.3 Å². The standard InChI is InChI=1S/C20H24N4O2S/c1-14(2)13-24-18(17-10-7-11-26-17)22-23-20(24)27-15(3)19(25)21-12-16-8-5-4-6-9-16/h4-11,14-15H,12-13H2,1-3H3,(H,21,25). The lowest BCUT2D eigenvalue weighted by atomic mass is 10.2. The first kappa shape index (κ1) is 19.2. The van der Waals surface area contributed by atoms with E-state index in [1.807, 2.05) is 54.0 Å². The van der Waals surface area contributed by atoms with Crippen molar-refractivity contribution in [2.24, 2.45) is 5.92 Å². The van der Waals surface area contributed by atoms with Gasteiger partial charge in [-0.25, -0.2) is 0 Å². The summed E-state index contributed by atoms with van der Waals surface area (Å²) in [6.45, 7) is 7.42. The minimum absolute atomic E-state index is 0.0255. The third-order valence-corrected chi connectivity index (χ3v) is 5.05. The van der Waals surface area contributed by atoms with E-state index in [1.54, 1.807) is 6.26 Å². The number of nitrogens with zero attached hydrogens (tertiary/aromatic N) is 3. The van der Waals surface area contributed by atoms with Gasteiger partial charge < -0.3 is 9.73 Å². The van der Waals surface area contributed by atoms with Gasteiger partial charge in [-0.15, -0.1) is 10.2 Å². The van der Waals surface area contributed by atoms with Gasteiger partial charge in [-0.2, -0.15) is 0 Å². The van der Waals surface area contributed by atoms with Crippen LogP contribution >= 0.6 is 11.8 Å². The number of carbonyl (C=O) groups is 1. The van der Waals surface area contributed by atoms with Gasteiger partial charge >= 0.3 is 0 Å². The van der Waals surface area contributed by atoms with E-state index < -0.39 is 0 Å². The molecule has 0 fully saturated rings. The van der Waals surface area contributed by atoms with E-state index in [1.165, 1.54) is 11.8 Å². The highest BCUT2D eigenvalue weighted by molar-refractivity contribution is 8.00. The lowest BCUT2D eigenvalue weighted by Crippen LogP contribution is -2.30. The van der Waals surface area contributed by atoms with E-state index in [9.17, 15) is 4.79 Å². The number of thioether (sulfide) groups is 1. The maximum atomic E-state index is 12.5. The van der Waals surface area contributed by atoms with Crippen molar-refractivity contribution in [3.8, 4) is 11.6 Å². The number of aromatic nitrogens is 3. The van der Waals surface area contributed by atoms with Crippen LogP contribution in [0.2, 0.25) is 0 Å². The van der Waals surface area contributed by atoms with Gasteiger partial charge in [0, 0.05) is 13.1 Å². The second-order valence-corrected chi connectivity index (χ2v) is 8.06. The van der Waals surface area contributed by atoms with Crippen LogP contribution in [0.3, 0.4) is 0 Å². The minimum Gasteiger partial charge on any atom is -0.461 e. The second kappa shape index (κ2) is 8.90. The number of hydrogen-bond acceptors (Lipinski definition) is 5. The second-order valence-electron chi connectivity index (χ2n) is 6.75. The van der Waals surface area contributed by atoms with Crippen molar-refractivity contribution in [2.75, 3.05) is 0 Å². The zero-order valence-electron chi connectivity index (χ0n) is 15.8. The molecule has 1 N–H and O–H groups in total. The van der Waals surface area contributed by atoms with Crippen LogP contribution in [0, 0.1) is 5.92 Å². The fourth-order valence-electron chi connectivity index (χ4n) is 2.63. The lowest BCUT2D eigenvalue weighted by Gasteiger charge is -2.14. The first-order valence-corrected chi connectivity index (χ1v) is 9.88.